The number of anilines is 1. The first-order valence-corrected chi connectivity index (χ1v) is 6.40. The molecule has 0 aromatic heterocycles. The van der Waals surface area contributed by atoms with Crippen LogP contribution in [0.2, 0.25) is 0 Å². The van der Waals surface area contributed by atoms with Crippen molar-refractivity contribution in [3.05, 3.63) is 41.6 Å². The molecule has 4 nitrogen and oxygen atoms in total. The van der Waals surface area contributed by atoms with Crippen LogP contribution in [-0.4, -0.2) is 18.0 Å². The number of hydrogen-bond donors (Lipinski definition) is 1. The highest BCUT2D eigenvalue weighted by Gasteiger charge is 2.11. The van der Waals surface area contributed by atoms with Crippen LogP contribution in [0.5, 0.6) is 0 Å². The standard InChI is InChI=1S/C15H16N4/c16-9-14(10-17)11-18-15-5-3-4-13(8-15)12-19-6-1-2-7-19/h3-5,8,11,18H,1-2,6-7,12H2. The van der Waals surface area contributed by atoms with Gasteiger partial charge >= 0.3 is 0 Å². The molecule has 1 saturated heterocycles. The molecule has 0 amide bonds. The third-order valence-corrected chi connectivity index (χ3v) is 3.16. The minimum atomic E-state index is 0.0740. The van der Waals surface area contributed by atoms with Crippen LogP contribution in [0.25, 0.3) is 0 Å². The van der Waals surface area contributed by atoms with Gasteiger partial charge in [0.1, 0.15) is 17.7 Å². The Hall–Kier alpha value is -2.30. The molecule has 0 unspecified atom stereocenters. The Bertz CT molecular complexity index is 526. The first-order chi connectivity index (χ1) is 9.31. The molecule has 1 aliphatic rings. The summed E-state index contributed by atoms with van der Waals surface area (Å²) in [5.74, 6) is 0. The molecular formula is C15H16N4. The van der Waals surface area contributed by atoms with Crippen molar-refractivity contribution in [2.24, 2.45) is 0 Å². The molecule has 0 bridgehead atoms. The van der Waals surface area contributed by atoms with Gasteiger partial charge < -0.3 is 5.32 Å². The lowest BCUT2D eigenvalue weighted by molar-refractivity contribution is 0.331. The van der Waals surface area contributed by atoms with Crippen LogP contribution in [0.3, 0.4) is 0 Å². The summed E-state index contributed by atoms with van der Waals surface area (Å²) in [6.45, 7) is 3.30. The normalized spacial score (nSPS) is 14.4. The highest BCUT2D eigenvalue weighted by molar-refractivity contribution is 5.50. The van der Waals surface area contributed by atoms with Gasteiger partial charge in [0.2, 0.25) is 0 Å². The Labute approximate surface area is 113 Å². The minimum Gasteiger partial charge on any atom is -0.360 e. The molecule has 0 aliphatic carbocycles. The van der Waals surface area contributed by atoms with Crippen molar-refractivity contribution >= 4 is 5.69 Å². The van der Waals surface area contributed by atoms with Crippen LogP contribution >= 0.6 is 0 Å². The van der Waals surface area contributed by atoms with Gasteiger partial charge in [-0.1, -0.05) is 12.1 Å². The van der Waals surface area contributed by atoms with E-state index in [1.54, 1.807) is 0 Å². The first-order valence-electron chi connectivity index (χ1n) is 6.40. The average Bonchev–Trinajstić information content (AvgIpc) is 2.93. The second-order valence-corrected chi connectivity index (χ2v) is 4.61. The number of hydrogen-bond acceptors (Lipinski definition) is 4. The van der Waals surface area contributed by atoms with Gasteiger partial charge in [-0.15, -0.1) is 0 Å². The number of allylic oxidation sites excluding steroid dienone is 1. The molecule has 2 rings (SSSR count). The Balaban J connectivity index is 2.01. The van der Waals surface area contributed by atoms with E-state index in [9.17, 15) is 0 Å². The highest BCUT2D eigenvalue weighted by atomic mass is 15.1. The van der Waals surface area contributed by atoms with Crippen molar-refractivity contribution in [1.29, 1.82) is 10.5 Å². The molecule has 19 heavy (non-hydrogen) atoms. The molecule has 0 atom stereocenters. The molecule has 1 heterocycles. The number of likely N-dealkylation sites (tertiary alicyclic amines) is 1. The van der Waals surface area contributed by atoms with E-state index in [0.717, 1.165) is 12.2 Å². The minimum absolute atomic E-state index is 0.0740. The van der Waals surface area contributed by atoms with Crippen LogP contribution < -0.4 is 5.32 Å². The first kappa shape index (κ1) is 13.1. The number of nitrogens with zero attached hydrogens (tertiary/aromatic N) is 3. The van der Waals surface area contributed by atoms with Gasteiger partial charge in [0.15, 0.2) is 0 Å². The summed E-state index contributed by atoms with van der Waals surface area (Å²) in [4.78, 5) is 2.44. The lowest BCUT2D eigenvalue weighted by Gasteiger charge is -2.15. The smallest absolute Gasteiger partial charge is 0.145 e. The molecular weight excluding hydrogens is 236 g/mol. The van der Waals surface area contributed by atoms with Crippen molar-refractivity contribution in [2.75, 3.05) is 18.4 Å². The van der Waals surface area contributed by atoms with Crippen molar-refractivity contribution in [2.45, 2.75) is 19.4 Å². The summed E-state index contributed by atoms with van der Waals surface area (Å²) in [7, 11) is 0. The van der Waals surface area contributed by atoms with E-state index in [-0.39, 0.29) is 5.57 Å². The molecule has 1 aromatic rings. The quantitative estimate of drug-likeness (QED) is 0.837. The Kier molecular flexibility index (Phi) is 4.55. The zero-order valence-corrected chi connectivity index (χ0v) is 10.8. The predicted molar refractivity (Wildman–Crippen MR) is 73.9 cm³/mol. The van der Waals surface area contributed by atoms with E-state index < -0.39 is 0 Å². The Morgan fingerprint density at radius 2 is 2.00 bits per heavy atom. The zero-order chi connectivity index (χ0) is 13.5. The monoisotopic (exact) mass is 252 g/mol. The van der Waals surface area contributed by atoms with Crippen LogP contribution in [-0.2, 0) is 6.54 Å². The second kappa shape index (κ2) is 6.58. The van der Waals surface area contributed by atoms with Crippen LogP contribution in [0.4, 0.5) is 5.69 Å². The average molecular weight is 252 g/mol. The summed E-state index contributed by atoms with van der Waals surface area (Å²) in [6, 6.07) is 11.7. The molecule has 1 fully saturated rings. The summed E-state index contributed by atoms with van der Waals surface area (Å²) >= 11 is 0. The van der Waals surface area contributed by atoms with Gasteiger partial charge in [0.25, 0.3) is 0 Å². The topological polar surface area (TPSA) is 62.9 Å². The molecule has 4 heteroatoms. The van der Waals surface area contributed by atoms with Crippen molar-refractivity contribution in [1.82, 2.24) is 4.90 Å². The van der Waals surface area contributed by atoms with Crippen molar-refractivity contribution < 1.29 is 0 Å². The fourth-order valence-electron chi connectivity index (χ4n) is 2.20. The van der Waals surface area contributed by atoms with Crippen molar-refractivity contribution in [3.8, 4) is 12.1 Å². The van der Waals surface area contributed by atoms with E-state index in [0.29, 0.717) is 0 Å². The molecule has 0 saturated carbocycles. The van der Waals surface area contributed by atoms with E-state index in [1.165, 1.54) is 37.7 Å². The summed E-state index contributed by atoms with van der Waals surface area (Å²) in [6.07, 6.45) is 4.01. The Morgan fingerprint density at radius 1 is 1.26 bits per heavy atom. The van der Waals surface area contributed by atoms with Gasteiger partial charge in [-0.2, -0.15) is 10.5 Å². The highest BCUT2D eigenvalue weighted by Crippen LogP contribution is 2.16. The second-order valence-electron chi connectivity index (χ2n) is 4.61. The van der Waals surface area contributed by atoms with Gasteiger partial charge in [0.05, 0.1) is 0 Å². The summed E-state index contributed by atoms with van der Waals surface area (Å²) in [5, 5.41) is 20.3. The van der Waals surface area contributed by atoms with Gasteiger partial charge in [-0.05, 0) is 43.6 Å². The largest absolute Gasteiger partial charge is 0.360 e. The Morgan fingerprint density at radius 3 is 2.68 bits per heavy atom. The van der Waals surface area contributed by atoms with Crippen molar-refractivity contribution in [3.63, 3.8) is 0 Å². The fourth-order valence-corrected chi connectivity index (χ4v) is 2.20. The molecule has 96 valence electrons. The fraction of sp³-hybridized carbons (Fsp3) is 0.333. The molecule has 1 aromatic carbocycles. The van der Waals surface area contributed by atoms with Crippen LogP contribution in [0, 0.1) is 22.7 Å². The third kappa shape index (κ3) is 3.84. The molecule has 0 radical (unpaired) electrons. The SMILES string of the molecule is N#CC(C#N)=CNc1cccc(CN2CCCC2)c1. The third-order valence-electron chi connectivity index (χ3n) is 3.16. The van der Waals surface area contributed by atoms with E-state index in [4.69, 9.17) is 10.5 Å². The van der Waals surface area contributed by atoms with E-state index in [2.05, 4.69) is 22.3 Å². The molecule has 0 spiro atoms. The number of rotatable bonds is 4. The molecule has 1 N–H and O–H groups in total. The van der Waals surface area contributed by atoms with E-state index in [1.807, 2.05) is 24.3 Å². The number of benzene rings is 1. The number of nitrogens with one attached hydrogen (secondary N) is 1. The predicted octanol–water partition coefficient (Wildman–Crippen LogP) is 2.63. The maximum atomic E-state index is 8.66. The maximum Gasteiger partial charge on any atom is 0.145 e. The van der Waals surface area contributed by atoms with E-state index >= 15 is 0 Å². The summed E-state index contributed by atoms with van der Waals surface area (Å²) in [5.41, 5.74) is 2.22. The lowest BCUT2D eigenvalue weighted by atomic mass is 10.2. The van der Waals surface area contributed by atoms with Crippen LogP contribution in [0.1, 0.15) is 18.4 Å². The van der Waals surface area contributed by atoms with Gasteiger partial charge in [0, 0.05) is 18.4 Å². The molecule has 1 aliphatic heterocycles. The number of nitriles is 2. The summed E-state index contributed by atoms with van der Waals surface area (Å²) < 4.78 is 0. The van der Waals surface area contributed by atoms with Gasteiger partial charge in [-0.25, -0.2) is 0 Å². The van der Waals surface area contributed by atoms with Crippen LogP contribution in [0.15, 0.2) is 36.0 Å². The lowest BCUT2D eigenvalue weighted by Crippen LogP contribution is -2.18. The van der Waals surface area contributed by atoms with Gasteiger partial charge in [-0.3, -0.25) is 4.90 Å². The maximum absolute atomic E-state index is 8.66. The zero-order valence-electron chi connectivity index (χ0n) is 10.8.